The van der Waals surface area contributed by atoms with Crippen LogP contribution in [-0.4, -0.2) is 22.6 Å². The Hall–Kier alpha value is -1.61. The lowest BCUT2D eigenvalue weighted by Crippen LogP contribution is -2.41. The quantitative estimate of drug-likeness (QED) is 0.862. The molecule has 2 N–H and O–H groups in total. The number of aryl methyl sites for hydroxylation is 1. The molecule has 0 unspecified atom stereocenters. The summed E-state index contributed by atoms with van der Waals surface area (Å²) < 4.78 is 0. The van der Waals surface area contributed by atoms with Gasteiger partial charge in [-0.05, 0) is 31.2 Å². The first-order valence-electron chi connectivity index (χ1n) is 7.09. The zero-order chi connectivity index (χ0) is 13.1. The van der Waals surface area contributed by atoms with Crippen LogP contribution >= 0.6 is 0 Å². The molecular weight excluding hydrogens is 234 g/mol. The number of hydrogen-bond acceptors (Lipinski definition) is 2. The van der Waals surface area contributed by atoms with Crippen molar-refractivity contribution in [1.82, 2.24) is 15.3 Å². The van der Waals surface area contributed by atoms with E-state index >= 15 is 0 Å². The molecule has 0 atom stereocenters. The first-order chi connectivity index (χ1) is 9.31. The van der Waals surface area contributed by atoms with E-state index in [1.807, 2.05) is 12.4 Å². The Bertz CT molecular complexity index is 495. The van der Waals surface area contributed by atoms with Crippen LogP contribution in [0, 0.1) is 6.92 Å². The van der Waals surface area contributed by atoms with Crippen LogP contribution in [0.1, 0.15) is 35.7 Å². The minimum absolute atomic E-state index is 0.682. The number of rotatable bonds is 5. The molecule has 19 heavy (non-hydrogen) atoms. The van der Waals surface area contributed by atoms with Gasteiger partial charge in [0.2, 0.25) is 0 Å². The van der Waals surface area contributed by atoms with E-state index in [9.17, 15) is 0 Å². The maximum Gasteiger partial charge on any atom is 0.107 e. The van der Waals surface area contributed by atoms with Crippen molar-refractivity contribution in [1.29, 1.82) is 0 Å². The van der Waals surface area contributed by atoms with Crippen molar-refractivity contribution < 1.29 is 0 Å². The fraction of sp³-hybridized carbons (Fsp3) is 0.438. The third-order valence-corrected chi connectivity index (χ3v) is 4.04. The molecule has 3 heteroatoms. The molecule has 1 aromatic heterocycles. The van der Waals surface area contributed by atoms with Gasteiger partial charge < -0.3 is 10.3 Å². The van der Waals surface area contributed by atoms with Crippen LogP contribution in [0.4, 0.5) is 0 Å². The summed E-state index contributed by atoms with van der Waals surface area (Å²) in [6.07, 6.45) is 7.21. The number of imidazole rings is 1. The first kappa shape index (κ1) is 12.4. The monoisotopic (exact) mass is 255 g/mol. The molecule has 1 heterocycles. The van der Waals surface area contributed by atoms with E-state index in [0.29, 0.717) is 6.04 Å². The van der Waals surface area contributed by atoms with Crippen LogP contribution in [0.2, 0.25) is 0 Å². The zero-order valence-electron chi connectivity index (χ0n) is 11.4. The van der Waals surface area contributed by atoms with Gasteiger partial charge in [0.1, 0.15) is 5.82 Å². The third-order valence-electron chi connectivity index (χ3n) is 4.04. The fourth-order valence-corrected chi connectivity index (χ4v) is 2.72. The second-order valence-corrected chi connectivity index (χ2v) is 5.52. The Morgan fingerprint density at radius 2 is 2.05 bits per heavy atom. The standard InChI is InChI=1S/C16H21N3/c1-12-2-4-13(5-3-12)14-10-15(11-14)17-7-6-16-18-8-9-19-16/h2-5,8-9,14-15,17H,6-7,10-11H2,1H3,(H,18,19). The second-order valence-electron chi connectivity index (χ2n) is 5.52. The number of benzene rings is 1. The number of H-pyrrole nitrogens is 1. The van der Waals surface area contributed by atoms with Crippen LogP contribution < -0.4 is 5.32 Å². The van der Waals surface area contributed by atoms with Gasteiger partial charge in [-0.1, -0.05) is 29.8 Å². The normalized spacial score (nSPS) is 22.2. The lowest BCUT2D eigenvalue weighted by Gasteiger charge is -2.36. The average Bonchev–Trinajstić information content (AvgIpc) is 2.87. The number of aromatic nitrogens is 2. The summed E-state index contributed by atoms with van der Waals surface area (Å²) >= 11 is 0. The smallest absolute Gasteiger partial charge is 0.107 e. The lowest BCUT2D eigenvalue weighted by molar-refractivity contribution is 0.292. The molecule has 0 spiro atoms. The van der Waals surface area contributed by atoms with Gasteiger partial charge in [0.15, 0.2) is 0 Å². The maximum atomic E-state index is 4.23. The van der Waals surface area contributed by atoms with Crippen LogP contribution in [0.5, 0.6) is 0 Å². The zero-order valence-corrected chi connectivity index (χ0v) is 11.4. The third kappa shape index (κ3) is 3.04. The molecule has 0 bridgehead atoms. The minimum atomic E-state index is 0.682. The Morgan fingerprint density at radius 1 is 1.26 bits per heavy atom. The van der Waals surface area contributed by atoms with Gasteiger partial charge in [-0.3, -0.25) is 0 Å². The van der Waals surface area contributed by atoms with E-state index in [1.165, 1.54) is 24.0 Å². The molecule has 0 saturated heterocycles. The predicted octanol–water partition coefficient (Wildman–Crippen LogP) is 2.80. The van der Waals surface area contributed by atoms with Crippen LogP contribution in [0.25, 0.3) is 0 Å². The van der Waals surface area contributed by atoms with E-state index < -0.39 is 0 Å². The number of nitrogens with zero attached hydrogens (tertiary/aromatic N) is 1. The second kappa shape index (κ2) is 5.57. The SMILES string of the molecule is Cc1ccc(C2CC(NCCc3ncc[nH]3)C2)cc1. The molecule has 2 aromatic rings. The van der Waals surface area contributed by atoms with E-state index in [4.69, 9.17) is 0 Å². The molecule has 1 saturated carbocycles. The van der Waals surface area contributed by atoms with Crippen molar-refractivity contribution in [2.75, 3.05) is 6.54 Å². The van der Waals surface area contributed by atoms with Crippen LogP contribution in [0.3, 0.4) is 0 Å². The van der Waals surface area contributed by atoms with Crippen molar-refractivity contribution in [3.63, 3.8) is 0 Å². The summed E-state index contributed by atoms with van der Waals surface area (Å²) in [5.74, 6) is 1.82. The highest BCUT2D eigenvalue weighted by atomic mass is 14.9. The highest BCUT2D eigenvalue weighted by Gasteiger charge is 2.29. The molecule has 1 aromatic carbocycles. The number of aromatic amines is 1. The Morgan fingerprint density at radius 3 is 2.74 bits per heavy atom. The Balaban J connectivity index is 1.39. The highest BCUT2D eigenvalue weighted by Crippen LogP contribution is 2.36. The number of hydrogen-bond donors (Lipinski definition) is 2. The molecule has 0 radical (unpaired) electrons. The van der Waals surface area contributed by atoms with Crippen molar-refractivity contribution in [2.45, 2.75) is 38.1 Å². The maximum absolute atomic E-state index is 4.23. The van der Waals surface area contributed by atoms with E-state index in [0.717, 1.165) is 24.7 Å². The Kier molecular flexibility index (Phi) is 3.65. The molecule has 3 nitrogen and oxygen atoms in total. The summed E-state index contributed by atoms with van der Waals surface area (Å²) in [4.78, 5) is 7.37. The van der Waals surface area contributed by atoms with Gasteiger partial charge in [-0.2, -0.15) is 0 Å². The Labute approximate surface area is 114 Å². The topological polar surface area (TPSA) is 40.7 Å². The van der Waals surface area contributed by atoms with Crippen molar-refractivity contribution in [2.24, 2.45) is 0 Å². The van der Waals surface area contributed by atoms with Crippen molar-refractivity contribution in [3.05, 3.63) is 53.6 Å². The van der Waals surface area contributed by atoms with Gasteiger partial charge in [0, 0.05) is 31.4 Å². The molecule has 0 amide bonds. The predicted molar refractivity (Wildman–Crippen MR) is 77.2 cm³/mol. The molecule has 1 aliphatic rings. The molecule has 100 valence electrons. The average molecular weight is 255 g/mol. The summed E-state index contributed by atoms with van der Waals surface area (Å²) in [6.45, 7) is 3.16. The summed E-state index contributed by atoms with van der Waals surface area (Å²) in [6, 6.07) is 9.67. The van der Waals surface area contributed by atoms with Gasteiger partial charge in [-0.15, -0.1) is 0 Å². The van der Waals surface area contributed by atoms with Gasteiger partial charge in [-0.25, -0.2) is 4.98 Å². The summed E-state index contributed by atoms with van der Waals surface area (Å²) in [7, 11) is 0. The largest absolute Gasteiger partial charge is 0.349 e. The highest BCUT2D eigenvalue weighted by molar-refractivity contribution is 5.26. The minimum Gasteiger partial charge on any atom is -0.349 e. The summed E-state index contributed by atoms with van der Waals surface area (Å²) in [5, 5.41) is 3.61. The van der Waals surface area contributed by atoms with Gasteiger partial charge in [0.05, 0.1) is 0 Å². The molecule has 3 rings (SSSR count). The molecule has 1 aliphatic carbocycles. The lowest BCUT2D eigenvalue weighted by atomic mass is 9.76. The van der Waals surface area contributed by atoms with Crippen LogP contribution in [-0.2, 0) is 6.42 Å². The van der Waals surface area contributed by atoms with Crippen molar-refractivity contribution in [3.8, 4) is 0 Å². The van der Waals surface area contributed by atoms with Crippen LogP contribution in [0.15, 0.2) is 36.7 Å². The fourth-order valence-electron chi connectivity index (χ4n) is 2.72. The van der Waals surface area contributed by atoms with Gasteiger partial charge in [0.25, 0.3) is 0 Å². The van der Waals surface area contributed by atoms with Crippen molar-refractivity contribution >= 4 is 0 Å². The van der Waals surface area contributed by atoms with Gasteiger partial charge >= 0.3 is 0 Å². The first-order valence-corrected chi connectivity index (χ1v) is 7.09. The molecule has 1 fully saturated rings. The van der Waals surface area contributed by atoms with E-state index in [-0.39, 0.29) is 0 Å². The molecular formula is C16H21N3. The van der Waals surface area contributed by atoms with E-state index in [2.05, 4.69) is 46.5 Å². The van der Waals surface area contributed by atoms with E-state index in [1.54, 1.807) is 0 Å². The molecule has 0 aliphatic heterocycles. The number of nitrogens with one attached hydrogen (secondary N) is 2. The summed E-state index contributed by atoms with van der Waals surface area (Å²) in [5.41, 5.74) is 2.84.